The van der Waals surface area contributed by atoms with Gasteiger partial charge in [-0.05, 0) is 13.3 Å². The van der Waals surface area contributed by atoms with Crippen LogP contribution in [0.3, 0.4) is 0 Å². The Kier molecular flexibility index (Phi) is 4.96. The van der Waals surface area contributed by atoms with E-state index in [9.17, 15) is 9.90 Å². The van der Waals surface area contributed by atoms with Crippen LogP contribution in [0.15, 0.2) is 0 Å². The predicted molar refractivity (Wildman–Crippen MR) is 63.9 cm³/mol. The van der Waals surface area contributed by atoms with Gasteiger partial charge in [0, 0.05) is 13.5 Å². The van der Waals surface area contributed by atoms with Crippen LogP contribution >= 0.6 is 11.6 Å². The van der Waals surface area contributed by atoms with Gasteiger partial charge in [0.15, 0.2) is 6.10 Å². The number of aryl methyl sites for hydroxylation is 2. The van der Waals surface area contributed by atoms with Crippen LogP contribution in [-0.2, 0) is 29.4 Å². The van der Waals surface area contributed by atoms with Crippen LogP contribution in [0.5, 0.6) is 0 Å². The molecule has 96 valence electrons. The smallest absolute Gasteiger partial charge is 0.335 e. The van der Waals surface area contributed by atoms with Crippen LogP contribution in [0.1, 0.15) is 25.2 Å². The van der Waals surface area contributed by atoms with Crippen molar-refractivity contribution in [2.24, 2.45) is 7.05 Å². The van der Waals surface area contributed by atoms with Crippen molar-refractivity contribution in [3.05, 3.63) is 16.4 Å². The minimum Gasteiger partial charge on any atom is -0.464 e. The first-order valence-corrected chi connectivity index (χ1v) is 5.93. The van der Waals surface area contributed by atoms with Gasteiger partial charge in [-0.25, -0.2) is 4.79 Å². The molecule has 6 heteroatoms. The Labute approximate surface area is 105 Å². The van der Waals surface area contributed by atoms with E-state index in [-0.39, 0.29) is 13.0 Å². The van der Waals surface area contributed by atoms with E-state index in [1.54, 1.807) is 18.7 Å². The number of hydrogen-bond acceptors (Lipinski definition) is 4. The molecule has 1 aromatic rings. The molecule has 1 aromatic heterocycles. The van der Waals surface area contributed by atoms with Crippen molar-refractivity contribution in [2.45, 2.75) is 32.8 Å². The molecule has 0 bridgehead atoms. The highest BCUT2D eigenvalue weighted by molar-refractivity contribution is 6.31. The van der Waals surface area contributed by atoms with Gasteiger partial charge in [0.05, 0.1) is 23.0 Å². The van der Waals surface area contributed by atoms with Gasteiger partial charge < -0.3 is 9.84 Å². The number of esters is 1. The lowest BCUT2D eigenvalue weighted by molar-refractivity contribution is -0.152. The Morgan fingerprint density at radius 1 is 1.59 bits per heavy atom. The number of hydrogen-bond donors (Lipinski definition) is 1. The number of ether oxygens (including phenoxy) is 1. The fourth-order valence-electron chi connectivity index (χ4n) is 1.55. The van der Waals surface area contributed by atoms with E-state index in [1.165, 1.54) is 0 Å². The summed E-state index contributed by atoms with van der Waals surface area (Å²) in [5.74, 6) is -0.636. The van der Waals surface area contributed by atoms with Crippen LogP contribution in [0.2, 0.25) is 5.02 Å². The number of nitrogens with zero attached hydrogens (tertiary/aromatic N) is 2. The number of aromatic nitrogens is 2. The van der Waals surface area contributed by atoms with Crippen molar-refractivity contribution < 1.29 is 14.6 Å². The highest BCUT2D eigenvalue weighted by Crippen LogP contribution is 2.22. The SMILES string of the molecule is CCOC(=O)C(O)Cc1c(Cl)c(CC)nn1C. The highest BCUT2D eigenvalue weighted by atomic mass is 35.5. The molecule has 0 aliphatic rings. The average molecular weight is 261 g/mol. The van der Waals surface area contributed by atoms with Gasteiger partial charge in [-0.15, -0.1) is 0 Å². The zero-order valence-corrected chi connectivity index (χ0v) is 11.0. The molecule has 1 N–H and O–H groups in total. The first kappa shape index (κ1) is 14.0. The monoisotopic (exact) mass is 260 g/mol. The number of aliphatic hydroxyl groups excluding tert-OH is 1. The van der Waals surface area contributed by atoms with E-state index < -0.39 is 12.1 Å². The Morgan fingerprint density at radius 3 is 2.71 bits per heavy atom. The Balaban J connectivity index is 2.81. The minimum atomic E-state index is -1.20. The quantitative estimate of drug-likeness (QED) is 0.806. The molecule has 0 radical (unpaired) electrons. The molecule has 0 saturated heterocycles. The van der Waals surface area contributed by atoms with Gasteiger partial charge in [0.25, 0.3) is 0 Å². The molecule has 1 rings (SSSR count). The molecule has 0 amide bonds. The minimum absolute atomic E-state index is 0.112. The lowest BCUT2D eigenvalue weighted by Crippen LogP contribution is -2.26. The molecule has 1 atom stereocenters. The van der Waals surface area contributed by atoms with Gasteiger partial charge in [0.2, 0.25) is 0 Å². The molecule has 0 saturated carbocycles. The van der Waals surface area contributed by atoms with Gasteiger partial charge in [-0.1, -0.05) is 18.5 Å². The Morgan fingerprint density at radius 2 is 2.24 bits per heavy atom. The molecule has 0 aliphatic carbocycles. The molecular weight excluding hydrogens is 244 g/mol. The molecule has 5 nitrogen and oxygen atoms in total. The van der Waals surface area contributed by atoms with E-state index in [1.807, 2.05) is 6.92 Å². The van der Waals surface area contributed by atoms with Crippen molar-refractivity contribution in [3.63, 3.8) is 0 Å². The number of rotatable bonds is 5. The van der Waals surface area contributed by atoms with Gasteiger partial charge >= 0.3 is 5.97 Å². The van der Waals surface area contributed by atoms with Crippen LogP contribution in [-0.4, -0.2) is 33.6 Å². The fraction of sp³-hybridized carbons (Fsp3) is 0.636. The molecule has 1 heterocycles. The second-order valence-electron chi connectivity index (χ2n) is 3.66. The van der Waals surface area contributed by atoms with Gasteiger partial charge in [-0.2, -0.15) is 5.10 Å². The number of halogens is 1. The average Bonchev–Trinajstić information content (AvgIpc) is 2.56. The molecule has 0 spiro atoms. The summed E-state index contributed by atoms with van der Waals surface area (Å²) in [6.07, 6.45) is -0.379. The lowest BCUT2D eigenvalue weighted by atomic mass is 10.2. The van der Waals surface area contributed by atoms with Gasteiger partial charge in [0.1, 0.15) is 0 Å². The Bertz CT molecular complexity index is 404. The fourth-order valence-corrected chi connectivity index (χ4v) is 1.92. The molecule has 0 aliphatic heterocycles. The topological polar surface area (TPSA) is 64.3 Å². The van der Waals surface area contributed by atoms with E-state index in [4.69, 9.17) is 16.3 Å². The highest BCUT2D eigenvalue weighted by Gasteiger charge is 2.22. The molecular formula is C11H17ClN2O3. The summed E-state index contributed by atoms with van der Waals surface area (Å²) in [5.41, 5.74) is 1.41. The second kappa shape index (κ2) is 6.02. The van der Waals surface area contributed by atoms with E-state index in [0.29, 0.717) is 17.1 Å². The second-order valence-corrected chi connectivity index (χ2v) is 4.03. The third kappa shape index (κ3) is 3.20. The van der Waals surface area contributed by atoms with Crippen molar-refractivity contribution in [1.82, 2.24) is 9.78 Å². The molecule has 1 unspecified atom stereocenters. The standard InChI is InChI=1S/C11H17ClN2O3/c1-4-7-10(12)8(14(3)13-7)6-9(15)11(16)17-5-2/h9,15H,4-6H2,1-3H3. The summed E-state index contributed by atoms with van der Waals surface area (Å²) in [5, 5.41) is 14.4. The zero-order valence-electron chi connectivity index (χ0n) is 10.2. The largest absolute Gasteiger partial charge is 0.464 e. The third-order valence-corrected chi connectivity index (χ3v) is 2.88. The summed E-state index contributed by atoms with van der Waals surface area (Å²) in [4.78, 5) is 11.3. The van der Waals surface area contributed by atoms with E-state index in [2.05, 4.69) is 5.10 Å². The van der Waals surface area contributed by atoms with Crippen molar-refractivity contribution >= 4 is 17.6 Å². The van der Waals surface area contributed by atoms with E-state index in [0.717, 1.165) is 5.69 Å². The lowest BCUT2D eigenvalue weighted by Gasteiger charge is -2.09. The first-order chi connectivity index (χ1) is 8.01. The van der Waals surface area contributed by atoms with Crippen LogP contribution in [0.25, 0.3) is 0 Å². The zero-order chi connectivity index (χ0) is 13.0. The van der Waals surface area contributed by atoms with Crippen molar-refractivity contribution in [2.75, 3.05) is 6.61 Å². The van der Waals surface area contributed by atoms with Crippen LogP contribution in [0, 0.1) is 0 Å². The number of carbonyl (C=O) groups excluding carboxylic acids is 1. The Hall–Kier alpha value is -1.07. The summed E-state index contributed by atoms with van der Waals surface area (Å²) in [7, 11) is 1.73. The summed E-state index contributed by atoms with van der Waals surface area (Å²) < 4.78 is 6.31. The van der Waals surface area contributed by atoms with Crippen LogP contribution < -0.4 is 0 Å². The van der Waals surface area contributed by atoms with Gasteiger partial charge in [-0.3, -0.25) is 4.68 Å². The molecule has 0 fully saturated rings. The van der Waals surface area contributed by atoms with Crippen molar-refractivity contribution in [3.8, 4) is 0 Å². The number of carbonyl (C=O) groups is 1. The molecule has 17 heavy (non-hydrogen) atoms. The maximum Gasteiger partial charge on any atom is 0.335 e. The normalized spacial score (nSPS) is 12.5. The maximum absolute atomic E-state index is 11.3. The summed E-state index contributed by atoms with van der Waals surface area (Å²) in [6, 6.07) is 0. The summed E-state index contributed by atoms with van der Waals surface area (Å²) in [6.45, 7) is 3.88. The van der Waals surface area contributed by atoms with Crippen molar-refractivity contribution in [1.29, 1.82) is 0 Å². The molecule has 0 aromatic carbocycles. The predicted octanol–water partition coefficient (Wildman–Crippen LogP) is 1.10. The maximum atomic E-state index is 11.3. The first-order valence-electron chi connectivity index (χ1n) is 5.56. The van der Waals surface area contributed by atoms with Crippen LogP contribution in [0.4, 0.5) is 0 Å². The van der Waals surface area contributed by atoms with E-state index >= 15 is 0 Å². The third-order valence-electron chi connectivity index (χ3n) is 2.45. The summed E-state index contributed by atoms with van der Waals surface area (Å²) >= 11 is 6.11. The number of aliphatic hydroxyl groups is 1.